The van der Waals surface area contributed by atoms with Crippen molar-refractivity contribution in [2.45, 2.75) is 33.4 Å². The molecule has 4 rings (SSSR count). The van der Waals surface area contributed by atoms with Gasteiger partial charge in [0.2, 0.25) is 5.88 Å². The first-order chi connectivity index (χ1) is 17.7. The average molecular weight is 564 g/mol. The van der Waals surface area contributed by atoms with Gasteiger partial charge < -0.3 is 14.7 Å². The van der Waals surface area contributed by atoms with Gasteiger partial charge in [-0.15, -0.1) is 11.3 Å². The van der Waals surface area contributed by atoms with Crippen LogP contribution in [0.25, 0.3) is 11.0 Å². The Morgan fingerprint density at radius 1 is 1.22 bits per heavy atom. The van der Waals surface area contributed by atoms with E-state index in [0.717, 1.165) is 38.9 Å². The molecule has 0 saturated carbocycles. The lowest BCUT2D eigenvalue weighted by Crippen LogP contribution is -2.35. The van der Waals surface area contributed by atoms with Gasteiger partial charge in [0.15, 0.2) is 5.75 Å². The Balaban J connectivity index is 1.78. The maximum atomic E-state index is 13.2. The summed E-state index contributed by atoms with van der Waals surface area (Å²) in [4.78, 5) is 51.1. The summed E-state index contributed by atoms with van der Waals surface area (Å²) in [5.74, 6) is -0.364. The molecular weight excluding hydrogens is 538 g/mol. The van der Waals surface area contributed by atoms with Crippen LogP contribution in [0, 0.1) is 0 Å². The summed E-state index contributed by atoms with van der Waals surface area (Å²) >= 11 is 7.40. The maximum absolute atomic E-state index is 13.2. The minimum atomic E-state index is -1.19. The lowest BCUT2D eigenvalue weighted by Gasteiger charge is -2.17. The monoisotopic (exact) mass is 563 g/mol. The molecule has 2 aromatic rings. The zero-order valence-electron chi connectivity index (χ0n) is 20.5. The first kappa shape index (κ1) is 27.1. The number of ether oxygens (including phenoxy) is 1. The summed E-state index contributed by atoms with van der Waals surface area (Å²) in [5.41, 5.74) is 1.24. The molecule has 2 aliphatic rings. The summed E-state index contributed by atoms with van der Waals surface area (Å²) in [6, 6.07) is 5.68. The van der Waals surface area contributed by atoms with E-state index in [9.17, 15) is 19.5 Å². The van der Waals surface area contributed by atoms with Gasteiger partial charge >= 0.3 is 5.97 Å². The number of benzene rings is 1. The van der Waals surface area contributed by atoms with Crippen molar-refractivity contribution in [3.63, 3.8) is 0 Å². The molecular formula is C24H25N3O7S3. The number of thiazole rings is 1. The van der Waals surface area contributed by atoms with Crippen molar-refractivity contribution in [3.05, 3.63) is 55.3 Å². The molecule has 1 fully saturated rings. The second-order valence-corrected chi connectivity index (χ2v) is 10.6. The van der Waals surface area contributed by atoms with Crippen LogP contribution in [0.2, 0.25) is 0 Å². The van der Waals surface area contributed by atoms with Crippen molar-refractivity contribution in [2.75, 3.05) is 25.1 Å². The number of hydrogen-bond donors (Lipinski definition) is 1. The fourth-order valence-corrected chi connectivity index (χ4v) is 6.53. The second kappa shape index (κ2) is 11.2. The quantitative estimate of drug-likeness (QED) is 0.291. The van der Waals surface area contributed by atoms with Crippen LogP contribution >= 0.6 is 35.3 Å². The van der Waals surface area contributed by atoms with Crippen LogP contribution in [-0.4, -0.2) is 51.0 Å². The van der Waals surface area contributed by atoms with Gasteiger partial charge in [-0.3, -0.25) is 23.9 Å². The molecule has 1 atom stereocenters. The summed E-state index contributed by atoms with van der Waals surface area (Å²) in [5, 5.41) is 9.39. The SMILES string of the molecule is CCN1C(=O)/C(=c2/s/c(=C/C=C3\Oc4ccc(C(C)OOC)cc4N3CC)c(=O)n2CC(=O)O)SC1=S. The van der Waals surface area contributed by atoms with Gasteiger partial charge in [0, 0.05) is 19.2 Å². The van der Waals surface area contributed by atoms with E-state index in [-0.39, 0.29) is 26.1 Å². The molecule has 1 saturated heterocycles. The van der Waals surface area contributed by atoms with E-state index in [0.29, 0.717) is 29.0 Å². The van der Waals surface area contributed by atoms with Crippen LogP contribution in [0.1, 0.15) is 32.4 Å². The van der Waals surface area contributed by atoms with Crippen LogP contribution in [0.5, 0.6) is 5.75 Å². The van der Waals surface area contributed by atoms with E-state index in [2.05, 4.69) is 0 Å². The standard InChI is InChI=1S/C24H25N3O7S3/c1-5-25-15-11-14(13(3)34-32-4)7-8-16(15)33-18(25)10-9-17-21(30)27(12-19(28)29)23(36-17)20-22(31)26(6-2)24(35)37-20/h7-11,13H,5-6,12H2,1-4H3,(H,28,29)/b17-9+,18-10-,23-20-. The predicted molar refractivity (Wildman–Crippen MR) is 146 cm³/mol. The molecule has 0 aliphatic carbocycles. The number of aliphatic carboxylic acids is 1. The number of aromatic nitrogens is 1. The zero-order valence-corrected chi connectivity index (χ0v) is 23.0. The van der Waals surface area contributed by atoms with Crippen molar-refractivity contribution < 1.29 is 29.2 Å². The van der Waals surface area contributed by atoms with E-state index >= 15 is 0 Å². The number of thioether (sulfide) groups is 1. The Hall–Kier alpha value is -2.97. The third kappa shape index (κ3) is 5.22. The Morgan fingerprint density at radius 3 is 2.57 bits per heavy atom. The van der Waals surface area contributed by atoms with Crippen LogP contribution in [0.4, 0.5) is 5.69 Å². The van der Waals surface area contributed by atoms with Gasteiger partial charge in [0.05, 0.1) is 17.3 Å². The van der Waals surface area contributed by atoms with Crippen LogP contribution in [0.3, 0.4) is 0 Å². The maximum Gasteiger partial charge on any atom is 0.323 e. The van der Waals surface area contributed by atoms with Crippen LogP contribution in [-0.2, 0) is 25.9 Å². The fourth-order valence-electron chi connectivity index (χ4n) is 3.95. The summed E-state index contributed by atoms with van der Waals surface area (Å²) in [6.45, 7) is 6.05. The molecule has 0 bridgehead atoms. The zero-order chi connectivity index (χ0) is 26.9. The number of carbonyl (C=O) groups is 2. The highest BCUT2D eigenvalue weighted by molar-refractivity contribution is 8.30. The van der Waals surface area contributed by atoms with Crippen molar-refractivity contribution >= 4 is 68.2 Å². The number of allylic oxidation sites excluding steroid dienone is 1. The number of nitrogens with zero attached hydrogens (tertiary/aromatic N) is 3. The van der Waals surface area contributed by atoms with Gasteiger partial charge in [-0.25, -0.2) is 9.78 Å². The highest BCUT2D eigenvalue weighted by atomic mass is 32.2. The van der Waals surface area contributed by atoms with Gasteiger partial charge in [0.1, 0.15) is 26.5 Å². The van der Waals surface area contributed by atoms with E-state index in [1.165, 1.54) is 12.0 Å². The molecule has 1 amide bonds. The summed E-state index contributed by atoms with van der Waals surface area (Å²) < 4.78 is 8.04. The number of carboxylic acid groups (broad SMARTS) is 1. The van der Waals surface area contributed by atoms with Crippen molar-refractivity contribution in [3.8, 4) is 5.75 Å². The molecule has 1 aromatic heterocycles. The lowest BCUT2D eigenvalue weighted by atomic mass is 10.1. The average Bonchev–Trinajstić information content (AvgIpc) is 3.47. The third-order valence-corrected chi connectivity index (χ3v) is 8.43. The van der Waals surface area contributed by atoms with Crippen molar-refractivity contribution in [1.29, 1.82) is 0 Å². The minimum Gasteiger partial charge on any atom is -0.480 e. The number of hydrogen-bond acceptors (Lipinski definition) is 10. The molecule has 0 spiro atoms. The Morgan fingerprint density at radius 2 is 1.95 bits per heavy atom. The van der Waals surface area contributed by atoms with E-state index in [1.807, 2.05) is 36.9 Å². The van der Waals surface area contributed by atoms with E-state index < -0.39 is 18.1 Å². The topological polar surface area (TPSA) is 111 Å². The molecule has 1 aromatic carbocycles. The van der Waals surface area contributed by atoms with Gasteiger partial charge in [0.25, 0.3) is 11.5 Å². The van der Waals surface area contributed by atoms with Crippen LogP contribution in [0.15, 0.2) is 35.0 Å². The second-order valence-electron chi connectivity index (χ2n) is 7.95. The fraction of sp³-hybridized carbons (Fsp3) is 0.333. The van der Waals surface area contributed by atoms with Gasteiger partial charge in [-0.05, 0) is 44.5 Å². The number of carboxylic acids is 1. The molecule has 1 N–H and O–H groups in total. The van der Waals surface area contributed by atoms with E-state index in [1.54, 1.807) is 19.1 Å². The first-order valence-electron chi connectivity index (χ1n) is 11.4. The normalized spacial score (nSPS) is 19.1. The highest BCUT2D eigenvalue weighted by Gasteiger charge is 2.33. The number of rotatable bonds is 8. The van der Waals surface area contributed by atoms with Gasteiger partial charge in [-0.2, -0.15) is 0 Å². The molecule has 3 heterocycles. The number of anilines is 1. The van der Waals surface area contributed by atoms with E-state index in [4.69, 9.17) is 26.7 Å². The van der Waals surface area contributed by atoms with Crippen LogP contribution < -0.4 is 24.4 Å². The Bertz CT molecular complexity index is 1480. The lowest BCUT2D eigenvalue weighted by molar-refractivity contribution is -0.303. The minimum absolute atomic E-state index is 0.252. The third-order valence-electron chi connectivity index (χ3n) is 5.72. The largest absolute Gasteiger partial charge is 0.480 e. The Kier molecular flexibility index (Phi) is 8.19. The van der Waals surface area contributed by atoms with Gasteiger partial charge in [-0.1, -0.05) is 30.0 Å². The molecule has 13 heteroatoms. The summed E-state index contributed by atoms with van der Waals surface area (Å²) in [7, 11) is 1.45. The number of amides is 1. The first-order valence-corrected chi connectivity index (χ1v) is 13.4. The number of carbonyl (C=O) groups excluding carboxylic acids is 1. The molecule has 1 unspecified atom stereocenters. The number of fused-ring (bicyclic) bond motifs is 1. The smallest absolute Gasteiger partial charge is 0.323 e. The molecule has 0 radical (unpaired) electrons. The Labute approximate surface area is 226 Å². The van der Waals surface area contributed by atoms with Crippen molar-refractivity contribution in [1.82, 2.24) is 9.47 Å². The number of thiocarbonyl (C=S) groups is 1. The summed E-state index contributed by atoms with van der Waals surface area (Å²) in [6.07, 6.45) is 2.96. The highest BCUT2D eigenvalue weighted by Crippen LogP contribution is 2.40. The molecule has 37 heavy (non-hydrogen) atoms. The van der Waals surface area contributed by atoms with Crippen molar-refractivity contribution in [2.24, 2.45) is 0 Å². The molecule has 196 valence electrons. The molecule has 2 aliphatic heterocycles. The molecule has 10 nitrogen and oxygen atoms in total. The predicted octanol–water partition coefficient (Wildman–Crippen LogP) is 2.16.